The number of ether oxygens (including phenoxy) is 2. The normalized spacial score (nSPS) is 14.4. The second-order valence-electron chi connectivity index (χ2n) is 8.56. The molecule has 1 aliphatic heterocycles. The SMILES string of the molecule is COc1ccc(-c2cnc(NC(=O)C3CCN(c4cccc(C(F)(F)F)c4)CC3)nc2C)cc1OC. The highest BCUT2D eigenvalue weighted by molar-refractivity contribution is 5.91. The zero-order valence-electron chi connectivity index (χ0n) is 20.2. The van der Waals surface area contributed by atoms with Gasteiger partial charge in [-0.05, 0) is 55.7 Å². The fourth-order valence-corrected chi connectivity index (χ4v) is 4.31. The Balaban J connectivity index is 1.39. The fourth-order valence-electron chi connectivity index (χ4n) is 4.31. The number of halogens is 3. The first-order chi connectivity index (χ1) is 17.2. The lowest BCUT2D eigenvalue weighted by Gasteiger charge is -2.33. The lowest BCUT2D eigenvalue weighted by Crippen LogP contribution is -2.38. The van der Waals surface area contributed by atoms with Crippen LogP contribution in [0.4, 0.5) is 24.8 Å². The van der Waals surface area contributed by atoms with Gasteiger partial charge in [0.05, 0.1) is 25.5 Å². The molecule has 1 N–H and O–H groups in total. The molecule has 0 bridgehead atoms. The maximum Gasteiger partial charge on any atom is 0.416 e. The zero-order valence-corrected chi connectivity index (χ0v) is 20.2. The van der Waals surface area contributed by atoms with Crippen LogP contribution in [-0.4, -0.2) is 43.2 Å². The van der Waals surface area contributed by atoms with Crippen LogP contribution in [0.3, 0.4) is 0 Å². The molecule has 190 valence electrons. The third-order valence-electron chi connectivity index (χ3n) is 6.31. The molecular formula is C26H27F3N4O3. The molecule has 0 spiro atoms. The molecule has 10 heteroatoms. The van der Waals surface area contributed by atoms with Gasteiger partial charge in [-0.1, -0.05) is 12.1 Å². The van der Waals surface area contributed by atoms with Crippen LogP contribution in [0.15, 0.2) is 48.7 Å². The summed E-state index contributed by atoms with van der Waals surface area (Å²) in [5, 5.41) is 2.78. The van der Waals surface area contributed by atoms with Gasteiger partial charge in [0.15, 0.2) is 11.5 Å². The number of piperidine rings is 1. The van der Waals surface area contributed by atoms with Gasteiger partial charge < -0.3 is 14.4 Å². The molecule has 2 aromatic carbocycles. The van der Waals surface area contributed by atoms with E-state index in [4.69, 9.17) is 9.47 Å². The Kier molecular flexibility index (Phi) is 7.32. The highest BCUT2D eigenvalue weighted by atomic mass is 19.4. The van der Waals surface area contributed by atoms with Crippen LogP contribution in [0.5, 0.6) is 11.5 Å². The summed E-state index contributed by atoms with van der Waals surface area (Å²) in [6.45, 7) is 2.80. The summed E-state index contributed by atoms with van der Waals surface area (Å²) < 4.78 is 49.7. The minimum atomic E-state index is -4.39. The number of carbonyl (C=O) groups is 1. The third kappa shape index (κ3) is 5.53. The molecule has 1 amide bonds. The Labute approximate surface area is 207 Å². The predicted molar refractivity (Wildman–Crippen MR) is 130 cm³/mol. The summed E-state index contributed by atoms with van der Waals surface area (Å²) in [4.78, 5) is 23.5. The topological polar surface area (TPSA) is 76.6 Å². The predicted octanol–water partition coefficient (Wildman–Crippen LogP) is 5.34. The van der Waals surface area contributed by atoms with E-state index in [0.717, 1.165) is 23.3 Å². The van der Waals surface area contributed by atoms with Crippen LogP contribution in [0.1, 0.15) is 24.1 Å². The molecule has 0 saturated carbocycles. The molecule has 0 radical (unpaired) electrons. The minimum Gasteiger partial charge on any atom is -0.493 e. The quantitative estimate of drug-likeness (QED) is 0.492. The number of rotatable bonds is 6. The smallest absolute Gasteiger partial charge is 0.416 e. The molecule has 4 rings (SSSR count). The molecule has 0 atom stereocenters. The van der Waals surface area contributed by atoms with E-state index in [9.17, 15) is 18.0 Å². The van der Waals surface area contributed by atoms with Crippen LogP contribution in [-0.2, 0) is 11.0 Å². The van der Waals surface area contributed by atoms with Gasteiger partial charge in [-0.15, -0.1) is 0 Å². The maximum absolute atomic E-state index is 13.0. The number of aryl methyl sites for hydroxylation is 1. The van der Waals surface area contributed by atoms with Crippen molar-refractivity contribution in [1.29, 1.82) is 0 Å². The molecule has 1 fully saturated rings. The largest absolute Gasteiger partial charge is 0.493 e. The van der Waals surface area contributed by atoms with Gasteiger partial charge >= 0.3 is 6.18 Å². The number of benzene rings is 2. The van der Waals surface area contributed by atoms with E-state index in [1.54, 1.807) is 32.5 Å². The van der Waals surface area contributed by atoms with Crippen LogP contribution in [0.2, 0.25) is 0 Å². The molecule has 36 heavy (non-hydrogen) atoms. The summed E-state index contributed by atoms with van der Waals surface area (Å²) in [6, 6.07) is 10.8. The summed E-state index contributed by atoms with van der Waals surface area (Å²) in [7, 11) is 3.13. The van der Waals surface area contributed by atoms with Crippen LogP contribution < -0.4 is 19.7 Å². The van der Waals surface area contributed by atoms with E-state index < -0.39 is 11.7 Å². The second kappa shape index (κ2) is 10.4. The van der Waals surface area contributed by atoms with Gasteiger partial charge in [-0.2, -0.15) is 13.2 Å². The maximum atomic E-state index is 13.0. The third-order valence-corrected chi connectivity index (χ3v) is 6.31. The average Bonchev–Trinajstić information content (AvgIpc) is 2.88. The Hall–Kier alpha value is -3.82. The number of nitrogens with one attached hydrogen (secondary N) is 1. The number of hydrogen-bond donors (Lipinski definition) is 1. The van der Waals surface area contributed by atoms with Crippen molar-refractivity contribution in [2.75, 3.05) is 37.5 Å². The highest BCUT2D eigenvalue weighted by Crippen LogP contribution is 2.34. The fraction of sp³-hybridized carbons (Fsp3) is 0.346. The second-order valence-corrected chi connectivity index (χ2v) is 8.56. The number of aromatic nitrogens is 2. The Bertz CT molecular complexity index is 1240. The van der Waals surface area contributed by atoms with Crippen molar-refractivity contribution < 1.29 is 27.4 Å². The van der Waals surface area contributed by atoms with Gasteiger partial charge in [-0.25, -0.2) is 9.97 Å². The van der Waals surface area contributed by atoms with Crippen LogP contribution >= 0.6 is 0 Å². The first-order valence-corrected chi connectivity index (χ1v) is 11.5. The molecule has 0 aliphatic carbocycles. The van der Waals surface area contributed by atoms with Crippen LogP contribution in [0.25, 0.3) is 11.1 Å². The lowest BCUT2D eigenvalue weighted by molar-refractivity contribution is -0.137. The van der Waals surface area contributed by atoms with E-state index >= 15 is 0 Å². The van der Waals surface area contributed by atoms with Crippen LogP contribution in [0, 0.1) is 12.8 Å². The van der Waals surface area contributed by atoms with Gasteiger partial charge in [0.25, 0.3) is 0 Å². The van der Waals surface area contributed by atoms with E-state index in [2.05, 4.69) is 15.3 Å². The van der Waals surface area contributed by atoms with E-state index in [1.165, 1.54) is 6.07 Å². The van der Waals surface area contributed by atoms with Crippen molar-refractivity contribution in [3.8, 4) is 22.6 Å². The van der Waals surface area contributed by atoms with E-state index in [-0.39, 0.29) is 17.8 Å². The lowest BCUT2D eigenvalue weighted by atomic mass is 9.95. The monoisotopic (exact) mass is 500 g/mol. The first kappa shape index (κ1) is 25.3. The number of methoxy groups -OCH3 is 2. The van der Waals surface area contributed by atoms with Crippen molar-refractivity contribution in [3.63, 3.8) is 0 Å². The summed E-state index contributed by atoms with van der Waals surface area (Å²) in [5.74, 6) is 0.937. The number of nitrogens with zero attached hydrogens (tertiary/aromatic N) is 3. The van der Waals surface area contributed by atoms with Gasteiger partial charge in [0.2, 0.25) is 11.9 Å². The number of hydrogen-bond acceptors (Lipinski definition) is 6. The molecular weight excluding hydrogens is 473 g/mol. The standard InChI is InChI=1S/C26H27F3N4O3/c1-16-21(18-7-8-22(35-2)23(13-18)36-3)15-30-25(31-16)32-24(34)17-9-11-33(12-10-17)20-6-4-5-19(14-20)26(27,28)29/h4-8,13-15,17H,9-12H2,1-3H3,(H,30,31,32,34). The number of carbonyl (C=O) groups excluding carboxylic acids is 1. The summed E-state index contributed by atoms with van der Waals surface area (Å²) >= 11 is 0. The van der Waals surface area contributed by atoms with E-state index in [1.807, 2.05) is 24.0 Å². The van der Waals surface area contributed by atoms with Gasteiger partial charge in [-0.3, -0.25) is 10.1 Å². The van der Waals surface area contributed by atoms with Gasteiger partial charge in [0.1, 0.15) is 0 Å². The van der Waals surface area contributed by atoms with Crippen molar-refractivity contribution in [2.45, 2.75) is 25.9 Å². The Morgan fingerprint density at radius 3 is 2.42 bits per heavy atom. The van der Waals surface area contributed by atoms with Crippen molar-refractivity contribution in [1.82, 2.24) is 9.97 Å². The molecule has 1 aliphatic rings. The molecule has 1 aromatic heterocycles. The Morgan fingerprint density at radius 1 is 1.06 bits per heavy atom. The minimum absolute atomic E-state index is 0.197. The zero-order chi connectivity index (χ0) is 25.9. The molecule has 2 heterocycles. The van der Waals surface area contributed by atoms with E-state index in [0.29, 0.717) is 48.8 Å². The average molecular weight is 501 g/mol. The summed E-state index contributed by atoms with van der Waals surface area (Å²) in [6.07, 6.45) is -1.70. The molecule has 3 aromatic rings. The molecule has 0 unspecified atom stereocenters. The Morgan fingerprint density at radius 2 is 1.78 bits per heavy atom. The number of alkyl halides is 3. The first-order valence-electron chi connectivity index (χ1n) is 11.5. The number of amides is 1. The number of anilines is 2. The molecule has 7 nitrogen and oxygen atoms in total. The van der Waals surface area contributed by atoms with Gasteiger partial charge in [0, 0.05) is 36.5 Å². The summed E-state index contributed by atoms with van der Waals surface area (Å²) in [5.41, 5.74) is 2.16. The molecule has 1 saturated heterocycles. The van der Waals surface area contributed by atoms with Crippen molar-refractivity contribution in [2.24, 2.45) is 5.92 Å². The van der Waals surface area contributed by atoms with Crippen molar-refractivity contribution >= 4 is 17.5 Å². The highest BCUT2D eigenvalue weighted by Gasteiger charge is 2.32. The van der Waals surface area contributed by atoms with Crippen molar-refractivity contribution in [3.05, 3.63) is 59.9 Å².